The Morgan fingerprint density at radius 3 is 2.33 bits per heavy atom. The van der Waals surface area contributed by atoms with Crippen molar-refractivity contribution in [1.82, 2.24) is 4.90 Å². The van der Waals surface area contributed by atoms with Gasteiger partial charge in [-0.05, 0) is 37.0 Å². The lowest BCUT2D eigenvalue weighted by atomic mass is 9.73. The molecule has 0 bridgehead atoms. The van der Waals surface area contributed by atoms with Crippen LogP contribution in [-0.2, 0) is 10.3 Å². The molecule has 1 aromatic rings. The van der Waals surface area contributed by atoms with Crippen LogP contribution >= 0.6 is 0 Å². The van der Waals surface area contributed by atoms with Crippen LogP contribution in [0.5, 0.6) is 0 Å². The second kappa shape index (κ2) is 4.47. The maximum Gasteiger partial charge on any atom is 0.157 e. The molecule has 0 aromatic heterocycles. The minimum Gasteiger partial charge on any atom is -0.297 e. The number of hydrogen-bond donors (Lipinski definition) is 0. The summed E-state index contributed by atoms with van der Waals surface area (Å²) in [5, 5.41) is 0. The number of carbonyl (C=O) groups excluding carboxylic acids is 1. The fraction of sp³-hybridized carbons (Fsp3) is 0.533. The smallest absolute Gasteiger partial charge is 0.157 e. The summed E-state index contributed by atoms with van der Waals surface area (Å²) in [6.07, 6.45) is 4.79. The van der Waals surface area contributed by atoms with Gasteiger partial charge in [-0.1, -0.05) is 18.6 Å². The number of likely N-dealkylation sites (tertiary alicyclic amines) is 1. The van der Waals surface area contributed by atoms with E-state index in [2.05, 4.69) is 4.90 Å². The highest BCUT2D eigenvalue weighted by Gasteiger charge is 2.47. The summed E-state index contributed by atoms with van der Waals surface area (Å²) in [6.45, 7) is 1.98. The molecule has 1 aliphatic carbocycles. The molecule has 0 amide bonds. The van der Waals surface area contributed by atoms with Crippen LogP contribution < -0.4 is 0 Å². The van der Waals surface area contributed by atoms with Crippen LogP contribution in [0.3, 0.4) is 0 Å². The van der Waals surface area contributed by atoms with Gasteiger partial charge in [-0.3, -0.25) is 9.69 Å². The molecule has 2 nitrogen and oxygen atoms in total. The van der Waals surface area contributed by atoms with Crippen molar-refractivity contribution in [2.75, 3.05) is 13.1 Å². The molecule has 1 atom stereocenters. The monoisotopic (exact) mass is 247 g/mol. The van der Waals surface area contributed by atoms with Crippen LogP contribution in [-0.4, -0.2) is 23.8 Å². The van der Waals surface area contributed by atoms with Crippen molar-refractivity contribution in [1.29, 1.82) is 0 Å². The van der Waals surface area contributed by atoms with Crippen molar-refractivity contribution in [3.8, 4) is 0 Å². The molecule has 0 radical (unpaired) electrons. The van der Waals surface area contributed by atoms with Gasteiger partial charge in [0.05, 0.1) is 0 Å². The third-order valence-electron chi connectivity index (χ3n) is 4.37. The molecule has 18 heavy (non-hydrogen) atoms. The van der Waals surface area contributed by atoms with Gasteiger partial charge in [0.25, 0.3) is 0 Å². The fourth-order valence-corrected chi connectivity index (χ4v) is 3.26. The summed E-state index contributed by atoms with van der Waals surface area (Å²) in [7, 11) is 0. The first-order valence-corrected chi connectivity index (χ1v) is 6.78. The third kappa shape index (κ3) is 1.69. The molecule has 0 N–H and O–H groups in total. The van der Waals surface area contributed by atoms with Crippen molar-refractivity contribution in [3.63, 3.8) is 0 Å². The summed E-state index contributed by atoms with van der Waals surface area (Å²) in [5.41, 5.74) is 0.526. The number of hydrogen-bond acceptors (Lipinski definition) is 2. The van der Waals surface area contributed by atoms with Crippen molar-refractivity contribution >= 4 is 5.78 Å². The Hall–Kier alpha value is -1.22. The van der Waals surface area contributed by atoms with Crippen LogP contribution in [0.1, 0.15) is 37.7 Å². The first-order valence-electron chi connectivity index (χ1n) is 6.78. The molecule has 1 saturated carbocycles. The average Bonchev–Trinajstić information content (AvgIpc) is 2.31. The van der Waals surface area contributed by atoms with Crippen molar-refractivity contribution in [2.45, 2.75) is 37.6 Å². The van der Waals surface area contributed by atoms with Gasteiger partial charge in [-0.25, -0.2) is 4.39 Å². The molecule has 1 aromatic carbocycles. The van der Waals surface area contributed by atoms with Crippen LogP contribution in [0, 0.1) is 5.82 Å². The molecule has 2 aliphatic rings. The lowest BCUT2D eigenvalue weighted by Gasteiger charge is -2.50. The van der Waals surface area contributed by atoms with Gasteiger partial charge < -0.3 is 0 Å². The van der Waals surface area contributed by atoms with Crippen LogP contribution in [0.25, 0.3) is 0 Å². The van der Waals surface area contributed by atoms with E-state index in [9.17, 15) is 9.18 Å². The SMILES string of the molecule is O=C1CCCCC1(c1ccc(F)cc1)N1CCC1. The zero-order chi connectivity index (χ0) is 12.6. The Morgan fingerprint density at radius 2 is 1.78 bits per heavy atom. The molecule has 0 spiro atoms. The van der Waals surface area contributed by atoms with Crippen molar-refractivity contribution < 1.29 is 9.18 Å². The quantitative estimate of drug-likeness (QED) is 0.801. The van der Waals surface area contributed by atoms with E-state index >= 15 is 0 Å². The summed E-state index contributed by atoms with van der Waals surface area (Å²) in [4.78, 5) is 14.8. The summed E-state index contributed by atoms with van der Waals surface area (Å²) in [5.74, 6) is 0.0841. The normalized spacial score (nSPS) is 29.1. The molecule has 1 heterocycles. The van der Waals surface area contributed by atoms with Gasteiger partial charge in [-0.2, -0.15) is 0 Å². The van der Waals surface area contributed by atoms with Gasteiger partial charge in [0, 0.05) is 19.5 Å². The first kappa shape index (κ1) is 11.8. The van der Waals surface area contributed by atoms with Gasteiger partial charge in [0.2, 0.25) is 0 Å². The molecular weight excluding hydrogens is 229 g/mol. The zero-order valence-electron chi connectivity index (χ0n) is 10.5. The zero-order valence-corrected chi connectivity index (χ0v) is 10.5. The molecule has 3 rings (SSSR count). The molecule has 1 aliphatic heterocycles. The lowest BCUT2D eigenvalue weighted by molar-refractivity contribution is -0.138. The van der Waals surface area contributed by atoms with Crippen LogP contribution in [0.2, 0.25) is 0 Å². The van der Waals surface area contributed by atoms with Gasteiger partial charge in [0.1, 0.15) is 11.4 Å². The van der Waals surface area contributed by atoms with E-state index in [1.807, 2.05) is 0 Å². The molecular formula is C15H18FNO. The largest absolute Gasteiger partial charge is 0.297 e. The number of ketones is 1. The third-order valence-corrected chi connectivity index (χ3v) is 4.37. The Balaban J connectivity index is 2.03. The van der Waals surface area contributed by atoms with E-state index in [-0.39, 0.29) is 5.82 Å². The minimum atomic E-state index is -0.454. The maximum atomic E-state index is 13.1. The second-order valence-corrected chi connectivity index (χ2v) is 5.34. The molecule has 2 fully saturated rings. The van der Waals surface area contributed by atoms with Gasteiger partial charge in [0.15, 0.2) is 5.78 Å². The van der Waals surface area contributed by atoms with Gasteiger partial charge in [-0.15, -0.1) is 0 Å². The molecule has 1 unspecified atom stereocenters. The number of nitrogens with zero attached hydrogens (tertiary/aromatic N) is 1. The molecule has 96 valence electrons. The Bertz CT molecular complexity index is 452. The van der Waals surface area contributed by atoms with Crippen molar-refractivity contribution in [2.24, 2.45) is 0 Å². The first-order chi connectivity index (χ1) is 8.73. The second-order valence-electron chi connectivity index (χ2n) is 5.34. The molecule has 3 heteroatoms. The Labute approximate surface area is 107 Å². The van der Waals surface area contributed by atoms with E-state index in [1.165, 1.54) is 12.1 Å². The number of rotatable bonds is 2. The van der Waals surface area contributed by atoms with E-state index in [1.54, 1.807) is 12.1 Å². The molecule has 1 saturated heterocycles. The highest BCUT2D eigenvalue weighted by Crippen LogP contribution is 2.42. The number of halogens is 1. The maximum absolute atomic E-state index is 13.1. The van der Waals surface area contributed by atoms with E-state index < -0.39 is 5.54 Å². The summed E-state index contributed by atoms with van der Waals surface area (Å²) >= 11 is 0. The number of carbonyl (C=O) groups is 1. The van der Waals surface area contributed by atoms with E-state index in [0.717, 1.165) is 44.3 Å². The minimum absolute atomic E-state index is 0.235. The summed E-state index contributed by atoms with van der Waals surface area (Å²) in [6, 6.07) is 6.52. The standard InChI is InChI=1S/C15H18FNO/c16-13-7-5-12(6-8-13)15(17-10-3-11-17)9-2-1-4-14(15)18/h5-8H,1-4,9-11H2. The number of Topliss-reactive ketones (excluding diaryl/α,β-unsaturated/α-hetero) is 1. The van der Waals surface area contributed by atoms with Crippen LogP contribution in [0.15, 0.2) is 24.3 Å². The fourth-order valence-electron chi connectivity index (χ4n) is 3.26. The van der Waals surface area contributed by atoms with E-state index in [0.29, 0.717) is 12.2 Å². The topological polar surface area (TPSA) is 20.3 Å². The highest BCUT2D eigenvalue weighted by atomic mass is 19.1. The number of benzene rings is 1. The lowest BCUT2D eigenvalue weighted by Crippen LogP contribution is -2.58. The van der Waals surface area contributed by atoms with Gasteiger partial charge >= 0.3 is 0 Å². The summed E-state index contributed by atoms with van der Waals surface area (Å²) < 4.78 is 13.1. The van der Waals surface area contributed by atoms with Crippen molar-refractivity contribution in [3.05, 3.63) is 35.6 Å². The predicted molar refractivity (Wildman–Crippen MR) is 67.7 cm³/mol. The Morgan fingerprint density at radius 1 is 1.06 bits per heavy atom. The highest BCUT2D eigenvalue weighted by molar-refractivity contribution is 5.90. The Kier molecular flexibility index (Phi) is 2.94. The van der Waals surface area contributed by atoms with E-state index in [4.69, 9.17) is 0 Å². The average molecular weight is 247 g/mol. The predicted octanol–water partition coefficient (Wildman–Crippen LogP) is 2.87. The van der Waals surface area contributed by atoms with Crippen LogP contribution in [0.4, 0.5) is 4.39 Å².